The van der Waals surface area contributed by atoms with Crippen molar-refractivity contribution in [1.82, 2.24) is 0 Å². The first kappa shape index (κ1) is 17.8. The molecule has 0 aliphatic carbocycles. The molecular weight excluding hydrogens is 330 g/mol. The number of benzene rings is 2. The van der Waals surface area contributed by atoms with Gasteiger partial charge in [-0.05, 0) is 36.2 Å². The van der Waals surface area contributed by atoms with Crippen LogP contribution in [0.1, 0.15) is 12.0 Å². The number of carbonyl (C=O) groups is 1. The molecule has 2 rings (SSSR count). The summed E-state index contributed by atoms with van der Waals surface area (Å²) in [5, 5.41) is 19.3. The van der Waals surface area contributed by atoms with Gasteiger partial charge in [-0.2, -0.15) is 0 Å². The molecule has 0 bridgehead atoms. The number of anilines is 1. The smallest absolute Gasteiger partial charge is 0.303 e. The third kappa shape index (κ3) is 4.05. The van der Waals surface area contributed by atoms with Crippen molar-refractivity contribution in [2.75, 3.05) is 20.0 Å². The van der Waals surface area contributed by atoms with E-state index in [1.54, 1.807) is 37.4 Å². The quantitative estimate of drug-likeness (QED) is 0.660. The minimum Gasteiger partial charge on any atom is -0.506 e. The molecule has 4 N–H and O–H groups in total. The fourth-order valence-corrected chi connectivity index (χ4v) is 3.20. The first-order chi connectivity index (χ1) is 11.5. The number of aliphatic carboxylic acids is 1. The maximum atomic E-state index is 10.8. The van der Waals surface area contributed by atoms with Crippen LogP contribution >= 0.6 is 11.8 Å². The summed E-state index contributed by atoms with van der Waals surface area (Å²) in [5.41, 5.74) is 7.08. The summed E-state index contributed by atoms with van der Waals surface area (Å²) in [6.45, 7) is 0. The van der Waals surface area contributed by atoms with Crippen LogP contribution in [0.15, 0.2) is 40.1 Å². The topological polar surface area (TPSA) is 102 Å². The van der Waals surface area contributed by atoms with E-state index in [2.05, 4.69) is 0 Å². The average Bonchev–Trinajstić information content (AvgIpc) is 2.57. The zero-order valence-electron chi connectivity index (χ0n) is 13.4. The largest absolute Gasteiger partial charge is 0.506 e. The van der Waals surface area contributed by atoms with Gasteiger partial charge in [-0.3, -0.25) is 4.79 Å². The number of nitrogen functional groups attached to an aromatic ring is 1. The molecule has 0 atom stereocenters. The molecule has 0 aliphatic rings. The van der Waals surface area contributed by atoms with Crippen molar-refractivity contribution < 1.29 is 24.5 Å². The third-order valence-corrected chi connectivity index (χ3v) is 4.61. The maximum absolute atomic E-state index is 10.8. The van der Waals surface area contributed by atoms with E-state index < -0.39 is 5.97 Å². The van der Waals surface area contributed by atoms with Crippen molar-refractivity contribution >= 4 is 23.4 Å². The van der Waals surface area contributed by atoms with Crippen LogP contribution in [0.4, 0.5) is 5.69 Å². The van der Waals surface area contributed by atoms with Gasteiger partial charge in [0.2, 0.25) is 0 Å². The molecule has 0 saturated heterocycles. The van der Waals surface area contributed by atoms with Gasteiger partial charge in [0.1, 0.15) is 17.2 Å². The first-order valence-electron chi connectivity index (χ1n) is 7.18. The van der Waals surface area contributed by atoms with Crippen molar-refractivity contribution in [1.29, 1.82) is 0 Å². The van der Waals surface area contributed by atoms with Gasteiger partial charge in [0, 0.05) is 17.0 Å². The molecule has 0 aromatic heterocycles. The van der Waals surface area contributed by atoms with E-state index in [0.29, 0.717) is 32.5 Å². The lowest BCUT2D eigenvalue weighted by molar-refractivity contribution is -0.136. The lowest BCUT2D eigenvalue weighted by Crippen LogP contribution is -1.99. The average molecular weight is 349 g/mol. The summed E-state index contributed by atoms with van der Waals surface area (Å²) in [4.78, 5) is 11.9. The fourth-order valence-electron chi connectivity index (χ4n) is 2.14. The second-order valence-electron chi connectivity index (χ2n) is 5.00. The highest BCUT2D eigenvalue weighted by atomic mass is 32.2. The van der Waals surface area contributed by atoms with E-state index in [4.69, 9.17) is 20.3 Å². The van der Waals surface area contributed by atoms with Crippen molar-refractivity contribution in [3.63, 3.8) is 0 Å². The Bertz CT molecular complexity index is 748. The van der Waals surface area contributed by atoms with Crippen molar-refractivity contribution in [3.8, 4) is 17.2 Å². The zero-order valence-corrected chi connectivity index (χ0v) is 14.2. The highest BCUT2D eigenvalue weighted by molar-refractivity contribution is 7.99. The highest BCUT2D eigenvalue weighted by Crippen LogP contribution is 2.45. The van der Waals surface area contributed by atoms with Crippen LogP contribution < -0.4 is 15.2 Å². The number of ether oxygens (including phenoxy) is 2. The Balaban J connectivity index is 2.40. The van der Waals surface area contributed by atoms with Crippen molar-refractivity contribution in [2.24, 2.45) is 0 Å². The molecule has 24 heavy (non-hydrogen) atoms. The Morgan fingerprint density at radius 3 is 2.58 bits per heavy atom. The number of hydrogen-bond donors (Lipinski definition) is 3. The summed E-state index contributed by atoms with van der Waals surface area (Å²) in [6, 6.07) is 8.60. The number of hydrogen-bond acceptors (Lipinski definition) is 6. The number of nitrogens with two attached hydrogens (primary N) is 1. The number of aryl methyl sites for hydroxylation is 1. The molecule has 0 fully saturated rings. The van der Waals surface area contributed by atoms with Gasteiger partial charge < -0.3 is 25.4 Å². The monoisotopic (exact) mass is 349 g/mol. The van der Waals surface area contributed by atoms with Crippen molar-refractivity contribution in [3.05, 3.63) is 35.9 Å². The molecule has 0 radical (unpaired) electrons. The summed E-state index contributed by atoms with van der Waals surface area (Å²) < 4.78 is 10.5. The molecule has 2 aromatic rings. The van der Waals surface area contributed by atoms with E-state index in [9.17, 15) is 9.90 Å². The second kappa shape index (κ2) is 7.83. The van der Waals surface area contributed by atoms with Crippen LogP contribution in [-0.4, -0.2) is 30.4 Å². The van der Waals surface area contributed by atoms with Crippen LogP contribution in [-0.2, 0) is 11.2 Å². The Morgan fingerprint density at radius 1 is 1.21 bits per heavy atom. The third-order valence-electron chi connectivity index (χ3n) is 3.44. The van der Waals surface area contributed by atoms with Gasteiger partial charge in [-0.25, -0.2) is 0 Å². The Kier molecular flexibility index (Phi) is 5.81. The summed E-state index contributed by atoms with van der Waals surface area (Å²) in [7, 11) is 3.06. The number of phenols is 1. The molecule has 128 valence electrons. The van der Waals surface area contributed by atoms with Gasteiger partial charge in [0.05, 0.1) is 19.1 Å². The minimum absolute atomic E-state index is 0.00261. The van der Waals surface area contributed by atoms with Gasteiger partial charge in [-0.1, -0.05) is 17.8 Å². The van der Waals surface area contributed by atoms with Gasteiger partial charge in [-0.15, -0.1) is 0 Å². The van der Waals surface area contributed by atoms with E-state index in [1.165, 1.54) is 18.9 Å². The lowest BCUT2D eigenvalue weighted by Gasteiger charge is -2.15. The van der Waals surface area contributed by atoms with Crippen molar-refractivity contribution in [2.45, 2.75) is 22.6 Å². The number of phenolic OH excluding ortho intramolecular Hbond substituents is 1. The van der Waals surface area contributed by atoms with Gasteiger partial charge in [0.15, 0.2) is 0 Å². The minimum atomic E-state index is -0.920. The molecule has 7 heteroatoms. The predicted octanol–water partition coefficient (Wildman–Crippen LogP) is 3.16. The fraction of sp³-hybridized carbons (Fsp3) is 0.235. The summed E-state index contributed by atoms with van der Waals surface area (Å²) in [5.74, 6) is 0.213. The molecule has 0 spiro atoms. The van der Waals surface area contributed by atoms with E-state index in [-0.39, 0.29) is 18.6 Å². The van der Waals surface area contributed by atoms with Crippen LogP contribution in [0, 0.1) is 0 Å². The number of carboxylic acids is 1. The van der Waals surface area contributed by atoms with Gasteiger partial charge in [0.25, 0.3) is 0 Å². The lowest BCUT2D eigenvalue weighted by atomic mass is 10.1. The maximum Gasteiger partial charge on any atom is 0.303 e. The van der Waals surface area contributed by atoms with E-state index >= 15 is 0 Å². The van der Waals surface area contributed by atoms with Crippen LogP contribution in [0.25, 0.3) is 0 Å². The summed E-state index contributed by atoms with van der Waals surface area (Å²) >= 11 is 1.24. The van der Waals surface area contributed by atoms with Crippen LogP contribution in [0.3, 0.4) is 0 Å². The van der Waals surface area contributed by atoms with E-state index in [1.807, 2.05) is 0 Å². The summed E-state index contributed by atoms with van der Waals surface area (Å²) in [6.07, 6.45) is 0.164. The first-order valence-corrected chi connectivity index (χ1v) is 8.00. The second-order valence-corrected chi connectivity index (χ2v) is 6.06. The van der Waals surface area contributed by atoms with Crippen LogP contribution in [0.2, 0.25) is 0 Å². The molecular formula is C17H19NO5S. The Labute approximate surface area is 144 Å². The highest BCUT2D eigenvalue weighted by Gasteiger charge is 2.17. The number of rotatable bonds is 7. The SMILES string of the molecule is COc1ccc(N)c(Sc2c(OC)ccc(CCC(=O)O)c2O)c1. The molecule has 0 amide bonds. The molecule has 0 aliphatic heterocycles. The normalized spacial score (nSPS) is 10.4. The Morgan fingerprint density at radius 2 is 1.96 bits per heavy atom. The number of carboxylic acid groups (broad SMARTS) is 1. The van der Waals surface area contributed by atoms with Gasteiger partial charge >= 0.3 is 5.97 Å². The number of aromatic hydroxyl groups is 1. The molecule has 6 nitrogen and oxygen atoms in total. The number of methoxy groups -OCH3 is 2. The predicted molar refractivity (Wildman–Crippen MR) is 92.1 cm³/mol. The Hall–Kier alpha value is -2.54. The zero-order chi connectivity index (χ0) is 17.7. The van der Waals surface area contributed by atoms with E-state index in [0.717, 1.165) is 0 Å². The standard InChI is InChI=1S/C17H19NO5S/c1-22-11-5-6-12(18)14(9-11)24-17-13(23-2)7-3-10(16(17)21)4-8-15(19)20/h3,5-7,9,21H,4,8,18H2,1-2H3,(H,19,20). The van der Waals surface area contributed by atoms with Crippen LogP contribution in [0.5, 0.6) is 17.2 Å². The molecule has 0 heterocycles. The molecule has 0 saturated carbocycles. The molecule has 2 aromatic carbocycles. The molecule has 0 unspecified atom stereocenters.